The molecule has 0 atom stereocenters. The summed E-state index contributed by atoms with van der Waals surface area (Å²) in [4.78, 5) is 4.05. The number of nitrogens with zero attached hydrogens (tertiary/aromatic N) is 1. The Hall–Kier alpha value is -1.09. The van der Waals surface area contributed by atoms with Gasteiger partial charge in [-0.3, -0.25) is 4.98 Å². The molecule has 3 nitrogen and oxygen atoms in total. The van der Waals surface area contributed by atoms with Gasteiger partial charge >= 0.3 is 0 Å². The third kappa shape index (κ3) is 2.48. The van der Waals surface area contributed by atoms with E-state index in [1.54, 1.807) is 6.20 Å². The number of hydrogen-bond donors (Lipinski definition) is 1. The van der Waals surface area contributed by atoms with Crippen molar-refractivity contribution in [3.05, 3.63) is 24.0 Å². The topological polar surface area (TPSA) is 34.1 Å². The van der Waals surface area contributed by atoms with Crippen LogP contribution in [0, 0.1) is 12.8 Å². The summed E-state index contributed by atoms with van der Waals surface area (Å²) in [6, 6.07) is 1.95. The second-order valence-corrected chi connectivity index (χ2v) is 4.28. The third-order valence-electron chi connectivity index (χ3n) is 2.95. The van der Waals surface area contributed by atoms with Gasteiger partial charge in [0, 0.05) is 18.0 Å². The Kier molecular flexibility index (Phi) is 3.21. The van der Waals surface area contributed by atoms with Gasteiger partial charge in [0.2, 0.25) is 0 Å². The van der Waals surface area contributed by atoms with E-state index < -0.39 is 0 Å². The highest BCUT2D eigenvalue weighted by Crippen LogP contribution is 2.31. The molecule has 0 unspecified atom stereocenters. The minimum atomic E-state index is 0.407. The maximum atomic E-state index is 5.89. The first-order chi connectivity index (χ1) is 7.29. The molecule has 0 aliphatic heterocycles. The molecular weight excluding hydrogens is 188 g/mol. The molecule has 15 heavy (non-hydrogen) atoms. The van der Waals surface area contributed by atoms with Gasteiger partial charge in [0.05, 0.1) is 6.10 Å². The van der Waals surface area contributed by atoms with Crippen LogP contribution in [-0.4, -0.2) is 24.7 Å². The van der Waals surface area contributed by atoms with Gasteiger partial charge in [-0.1, -0.05) is 0 Å². The van der Waals surface area contributed by atoms with E-state index in [1.165, 1.54) is 12.8 Å². The molecule has 0 bridgehead atoms. The van der Waals surface area contributed by atoms with Gasteiger partial charge in [0.1, 0.15) is 5.75 Å². The van der Waals surface area contributed by atoms with Crippen molar-refractivity contribution in [2.24, 2.45) is 5.92 Å². The van der Waals surface area contributed by atoms with E-state index in [2.05, 4.69) is 10.3 Å². The number of nitrogens with one attached hydrogen (secondary N) is 1. The van der Waals surface area contributed by atoms with E-state index in [0.29, 0.717) is 6.10 Å². The molecule has 1 aromatic rings. The van der Waals surface area contributed by atoms with Crippen LogP contribution < -0.4 is 10.1 Å². The molecule has 82 valence electrons. The standard InChI is InChI=1S/C12H18N2O/c1-9-7-14-4-3-12(9)15-11-5-10(6-11)8-13-2/h3-4,7,10-11,13H,5-6,8H2,1-2H3. The number of pyridine rings is 1. The highest BCUT2D eigenvalue weighted by atomic mass is 16.5. The van der Waals surface area contributed by atoms with Crippen LogP contribution >= 0.6 is 0 Å². The van der Waals surface area contributed by atoms with E-state index in [0.717, 1.165) is 23.8 Å². The Labute approximate surface area is 90.9 Å². The number of aryl methyl sites for hydroxylation is 1. The van der Waals surface area contributed by atoms with Crippen LogP contribution in [0.3, 0.4) is 0 Å². The molecule has 0 radical (unpaired) electrons. The summed E-state index contributed by atoms with van der Waals surface area (Å²) in [7, 11) is 2.00. The molecule has 1 N–H and O–H groups in total. The minimum Gasteiger partial charge on any atom is -0.490 e. The number of hydrogen-bond acceptors (Lipinski definition) is 3. The Morgan fingerprint density at radius 3 is 3.00 bits per heavy atom. The number of aromatic nitrogens is 1. The lowest BCUT2D eigenvalue weighted by Gasteiger charge is -2.35. The maximum Gasteiger partial charge on any atom is 0.125 e. The third-order valence-corrected chi connectivity index (χ3v) is 2.95. The van der Waals surface area contributed by atoms with E-state index >= 15 is 0 Å². The Balaban J connectivity index is 1.82. The van der Waals surface area contributed by atoms with Gasteiger partial charge in [-0.15, -0.1) is 0 Å². The second-order valence-electron chi connectivity index (χ2n) is 4.28. The smallest absolute Gasteiger partial charge is 0.125 e. The maximum absolute atomic E-state index is 5.89. The lowest BCUT2D eigenvalue weighted by atomic mass is 9.82. The zero-order valence-electron chi connectivity index (χ0n) is 9.36. The van der Waals surface area contributed by atoms with Crippen LogP contribution in [0.2, 0.25) is 0 Å². The first-order valence-corrected chi connectivity index (χ1v) is 5.51. The summed E-state index contributed by atoms with van der Waals surface area (Å²) in [5.74, 6) is 1.78. The Bertz CT molecular complexity index is 321. The zero-order valence-corrected chi connectivity index (χ0v) is 9.36. The van der Waals surface area contributed by atoms with Gasteiger partial charge in [-0.2, -0.15) is 0 Å². The molecule has 0 saturated heterocycles. The molecule has 3 heteroatoms. The van der Waals surface area contributed by atoms with Crippen molar-refractivity contribution in [2.75, 3.05) is 13.6 Å². The molecule has 0 amide bonds. The van der Waals surface area contributed by atoms with E-state index in [9.17, 15) is 0 Å². The SMILES string of the molecule is CNCC1CC(Oc2ccncc2C)C1. The van der Waals surface area contributed by atoms with E-state index in [-0.39, 0.29) is 0 Å². The van der Waals surface area contributed by atoms with Crippen molar-refractivity contribution in [3.8, 4) is 5.75 Å². The molecule has 1 heterocycles. The van der Waals surface area contributed by atoms with Gasteiger partial charge in [-0.05, 0) is 45.3 Å². The molecule has 2 rings (SSSR count). The minimum absolute atomic E-state index is 0.407. The summed E-state index contributed by atoms with van der Waals surface area (Å²) < 4.78 is 5.89. The number of rotatable bonds is 4. The molecule has 0 aromatic carbocycles. The van der Waals surface area contributed by atoms with Crippen LogP contribution in [0.4, 0.5) is 0 Å². The monoisotopic (exact) mass is 206 g/mol. The van der Waals surface area contributed by atoms with Crippen molar-refractivity contribution >= 4 is 0 Å². The molecule has 1 aliphatic rings. The molecule has 1 fully saturated rings. The lowest BCUT2D eigenvalue weighted by molar-refractivity contribution is 0.0650. The first-order valence-electron chi connectivity index (χ1n) is 5.51. The van der Waals surface area contributed by atoms with E-state index in [4.69, 9.17) is 4.74 Å². The Morgan fingerprint density at radius 1 is 1.53 bits per heavy atom. The average molecular weight is 206 g/mol. The van der Waals surface area contributed by atoms with Crippen LogP contribution in [0.1, 0.15) is 18.4 Å². The average Bonchev–Trinajstić information content (AvgIpc) is 2.18. The van der Waals surface area contributed by atoms with Crippen molar-refractivity contribution in [2.45, 2.75) is 25.9 Å². The van der Waals surface area contributed by atoms with Gasteiger partial charge in [0.15, 0.2) is 0 Å². The van der Waals surface area contributed by atoms with Crippen molar-refractivity contribution in [1.82, 2.24) is 10.3 Å². The number of ether oxygens (including phenoxy) is 1. The summed E-state index contributed by atoms with van der Waals surface area (Å²) >= 11 is 0. The van der Waals surface area contributed by atoms with Crippen molar-refractivity contribution in [1.29, 1.82) is 0 Å². The summed E-state index contributed by atoms with van der Waals surface area (Å²) in [5, 5.41) is 3.20. The fraction of sp³-hybridized carbons (Fsp3) is 0.583. The van der Waals surface area contributed by atoms with E-state index in [1.807, 2.05) is 26.2 Å². The molecule has 0 spiro atoms. The molecule has 1 saturated carbocycles. The largest absolute Gasteiger partial charge is 0.490 e. The molecular formula is C12H18N2O. The lowest BCUT2D eigenvalue weighted by Crippen LogP contribution is -2.38. The van der Waals surface area contributed by atoms with Crippen LogP contribution in [0.25, 0.3) is 0 Å². The van der Waals surface area contributed by atoms with Gasteiger partial charge < -0.3 is 10.1 Å². The van der Waals surface area contributed by atoms with Gasteiger partial charge in [-0.25, -0.2) is 0 Å². The van der Waals surface area contributed by atoms with Crippen molar-refractivity contribution < 1.29 is 4.74 Å². The van der Waals surface area contributed by atoms with Crippen LogP contribution in [0.5, 0.6) is 5.75 Å². The summed E-state index contributed by atoms with van der Waals surface area (Å²) in [6.07, 6.45) is 6.38. The zero-order chi connectivity index (χ0) is 10.7. The predicted octanol–water partition coefficient (Wildman–Crippen LogP) is 1.77. The van der Waals surface area contributed by atoms with Crippen LogP contribution in [-0.2, 0) is 0 Å². The molecule has 1 aliphatic carbocycles. The normalized spacial score (nSPS) is 24.7. The highest BCUT2D eigenvalue weighted by molar-refractivity contribution is 5.28. The summed E-state index contributed by atoms with van der Waals surface area (Å²) in [5.41, 5.74) is 1.12. The predicted molar refractivity (Wildman–Crippen MR) is 60.0 cm³/mol. The van der Waals surface area contributed by atoms with Gasteiger partial charge in [0.25, 0.3) is 0 Å². The van der Waals surface area contributed by atoms with Crippen LogP contribution in [0.15, 0.2) is 18.5 Å². The summed E-state index contributed by atoms with van der Waals surface area (Å²) in [6.45, 7) is 3.14. The molecule has 1 aromatic heterocycles. The quantitative estimate of drug-likeness (QED) is 0.815. The Morgan fingerprint density at radius 2 is 2.33 bits per heavy atom. The fourth-order valence-corrected chi connectivity index (χ4v) is 2.00. The first kappa shape index (κ1) is 10.4. The van der Waals surface area contributed by atoms with Crippen molar-refractivity contribution in [3.63, 3.8) is 0 Å². The highest BCUT2D eigenvalue weighted by Gasteiger charge is 2.30. The fourth-order valence-electron chi connectivity index (χ4n) is 2.00. The second kappa shape index (κ2) is 4.62.